The Balaban J connectivity index is 0.923. The Morgan fingerprint density at radius 2 is 1.75 bits per heavy atom. The van der Waals surface area contributed by atoms with Crippen LogP contribution in [0.5, 0.6) is 0 Å². The predicted octanol–water partition coefficient (Wildman–Crippen LogP) is 11.2. The Morgan fingerprint density at radius 1 is 0.873 bits per heavy atom. The van der Waals surface area contributed by atoms with E-state index in [9.17, 15) is 0 Å². The molecule has 0 bridgehead atoms. The van der Waals surface area contributed by atoms with Crippen molar-refractivity contribution in [1.82, 2.24) is 20.0 Å². The van der Waals surface area contributed by atoms with Crippen LogP contribution >= 0.6 is 0 Å². The largest absolute Gasteiger partial charge is 0.403 e. The molecule has 3 aliphatic heterocycles. The number of nitrogens with one attached hydrogen (secondary N) is 1. The summed E-state index contributed by atoms with van der Waals surface area (Å²) >= 11 is 0. The molecule has 8 aliphatic rings. The van der Waals surface area contributed by atoms with E-state index in [2.05, 4.69) is 179 Å². The highest BCUT2D eigenvalue weighted by molar-refractivity contribution is 6.09. The smallest absolute Gasteiger partial charge is 0.123 e. The van der Waals surface area contributed by atoms with Crippen molar-refractivity contribution in [3.63, 3.8) is 0 Å². The minimum atomic E-state index is 0.159. The highest BCUT2D eigenvalue weighted by atomic mass is 15.5. The van der Waals surface area contributed by atoms with Gasteiger partial charge in [0.25, 0.3) is 0 Å². The molecule has 1 saturated carbocycles. The summed E-state index contributed by atoms with van der Waals surface area (Å²) in [6.45, 7) is 10.5. The summed E-state index contributed by atoms with van der Waals surface area (Å²) in [5.74, 6) is 1.19. The molecule has 0 aromatic heterocycles. The first-order valence-corrected chi connectivity index (χ1v) is 23.6. The van der Waals surface area contributed by atoms with Gasteiger partial charge in [0, 0.05) is 67.9 Å². The van der Waals surface area contributed by atoms with Crippen LogP contribution in [0.15, 0.2) is 215 Å². The Hall–Kier alpha value is -5.85. The minimum absolute atomic E-state index is 0.159. The molecule has 6 nitrogen and oxygen atoms in total. The second kappa shape index (κ2) is 19.7. The molecule has 6 heteroatoms. The van der Waals surface area contributed by atoms with Crippen LogP contribution in [0.4, 0.5) is 0 Å². The number of hydrogen-bond donors (Lipinski definition) is 2. The van der Waals surface area contributed by atoms with Crippen LogP contribution in [0.3, 0.4) is 0 Å². The standard InChI is InChI=1S/C57H66N6/c1-41-18-15-16-32-61(57-40-62(57)56(38-58)48-29-30-55-51(36-48)50-27-13-14-28-54(50)63(55)49-25-11-6-12-26-49)33-31-47(34-42(41)2)46-24-17-19-43(35-46)39-60-53(45-22-9-5-10-23-45)37-52(59-3)44-20-7-4-8-21-44/h4,6-8,11-13,15-21,25,27,29,31-38,45-46,49-50,54-55,57,60H,1-2,5,9-10,14,22-24,26,28,30,39-40,58H2,3H3/b18-15-,32-16-,33-31-,47-34+,53-37?,56-38-,59-52?/t46?,49?,50?,54?,55?,57-,62?/m0/s1. The molecule has 1 aromatic rings. The molecule has 324 valence electrons. The first-order valence-electron chi connectivity index (χ1n) is 23.6. The zero-order valence-electron chi connectivity index (χ0n) is 37.2. The van der Waals surface area contributed by atoms with Crippen molar-refractivity contribution in [2.24, 2.45) is 28.5 Å². The van der Waals surface area contributed by atoms with E-state index in [1.807, 2.05) is 13.2 Å². The van der Waals surface area contributed by atoms with Crippen LogP contribution in [-0.4, -0.2) is 64.8 Å². The SMILES string of the molecule is C=C1/C=C\C=C/N([C@@H]2CN2/C(=C\N)C2=CCC3C(=C2)C2C=CCCC2N3C2C=CC=CC2)/C=C\C(C2C=C(CNC(=CC(=NC)c3ccccc3)C3CCCCC3)C=CC2)=C/C1=C. The summed E-state index contributed by atoms with van der Waals surface area (Å²) in [5, 5.41) is 3.93. The molecule has 2 saturated heterocycles. The number of rotatable bonds is 11. The van der Waals surface area contributed by atoms with Crippen LogP contribution in [0.1, 0.15) is 69.8 Å². The van der Waals surface area contributed by atoms with E-state index in [-0.39, 0.29) is 12.1 Å². The number of hydrogen-bond acceptors (Lipinski definition) is 6. The highest BCUT2D eigenvalue weighted by Crippen LogP contribution is 2.47. The molecule has 1 aromatic carbocycles. The predicted molar refractivity (Wildman–Crippen MR) is 264 cm³/mol. The van der Waals surface area contributed by atoms with Crippen molar-refractivity contribution in [1.29, 1.82) is 0 Å². The van der Waals surface area contributed by atoms with Crippen LogP contribution in [0.2, 0.25) is 0 Å². The molecular weight excluding hydrogens is 769 g/mol. The molecule has 63 heavy (non-hydrogen) atoms. The van der Waals surface area contributed by atoms with Gasteiger partial charge in [-0.2, -0.15) is 0 Å². The summed E-state index contributed by atoms with van der Waals surface area (Å²) in [7, 11) is 1.90. The third kappa shape index (κ3) is 9.57. The summed E-state index contributed by atoms with van der Waals surface area (Å²) < 4.78 is 0. The second-order valence-electron chi connectivity index (χ2n) is 18.3. The first kappa shape index (κ1) is 42.5. The third-order valence-corrected chi connectivity index (χ3v) is 14.4. The van der Waals surface area contributed by atoms with Gasteiger partial charge in [-0.15, -0.1) is 0 Å². The van der Waals surface area contributed by atoms with Gasteiger partial charge in [-0.05, 0) is 108 Å². The molecule has 6 atom stereocenters. The zero-order chi connectivity index (χ0) is 43.1. The fourth-order valence-corrected chi connectivity index (χ4v) is 11.0. The van der Waals surface area contributed by atoms with Crippen molar-refractivity contribution in [2.75, 3.05) is 20.1 Å². The van der Waals surface area contributed by atoms with Gasteiger partial charge in [0.15, 0.2) is 0 Å². The van der Waals surface area contributed by atoms with Gasteiger partial charge in [-0.25, -0.2) is 0 Å². The molecule has 3 fully saturated rings. The number of aliphatic imine (C=N–C) groups is 1. The lowest BCUT2D eigenvalue weighted by molar-refractivity contribution is 0.142. The van der Waals surface area contributed by atoms with E-state index in [1.165, 1.54) is 60.9 Å². The summed E-state index contributed by atoms with van der Waals surface area (Å²) in [6, 6.07) is 12.0. The van der Waals surface area contributed by atoms with Crippen LogP contribution < -0.4 is 11.1 Å². The van der Waals surface area contributed by atoms with Crippen LogP contribution in [0.25, 0.3) is 0 Å². The third-order valence-electron chi connectivity index (χ3n) is 14.4. The number of nitrogens with two attached hydrogens (primary N) is 1. The van der Waals surface area contributed by atoms with Gasteiger partial charge < -0.3 is 20.9 Å². The maximum absolute atomic E-state index is 6.54. The van der Waals surface area contributed by atoms with Crippen molar-refractivity contribution in [2.45, 2.75) is 88.5 Å². The van der Waals surface area contributed by atoms with Gasteiger partial charge in [-0.3, -0.25) is 9.89 Å². The van der Waals surface area contributed by atoms with Gasteiger partial charge in [0.1, 0.15) is 6.17 Å². The number of likely N-dealkylation sites (tertiary alicyclic amines) is 1. The highest BCUT2D eigenvalue weighted by Gasteiger charge is 2.48. The monoisotopic (exact) mass is 835 g/mol. The van der Waals surface area contributed by atoms with E-state index in [0.29, 0.717) is 30.0 Å². The van der Waals surface area contributed by atoms with E-state index in [4.69, 9.17) is 10.7 Å². The maximum Gasteiger partial charge on any atom is 0.123 e. The topological polar surface area (TPSA) is 59.9 Å². The first-order chi connectivity index (χ1) is 31.0. The van der Waals surface area contributed by atoms with Crippen molar-refractivity contribution in [3.8, 4) is 0 Å². The average Bonchev–Trinajstić information content (AvgIpc) is 4.05. The normalized spacial score (nSPS) is 31.5. The molecule has 3 heterocycles. The van der Waals surface area contributed by atoms with Crippen molar-refractivity contribution >= 4 is 5.71 Å². The van der Waals surface area contributed by atoms with Gasteiger partial charge in [0.05, 0.1) is 18.0 Å². The number of fused-ring (bicyclic) bond motifs is 3. The minimum Gasteiger partial charge on any atom is -0.403 e. The van der Waals surface area contributed by atoms with Gasteiger partial charge in [-0.1, -0.05) is 148 Å². The lowest BCUT2D eigenvalue weighted by Gasteiger charge is -2.37. The molecule has 3 N–H and O–H groups in total. The molecule has 5 unspecified atom stereocenters. The molecule has 0 amide bonds. The summed E-state index contributed by atoms with van der Waals surface area (Å²) in [5.41, 5.74) is 18.3. The van der Waals surface area contributed by atoms with Crippen molar-refractivity contribution in [3.05, 3.63) is 216 Å². The maximum atomic E-state index is 6.54. The quantitative estimate of drug-likeness (QED) is 0.132. The Morgan fingerprint density at radius 3 is 2.56 bits per heavy atom. The molecule has 5 aliphatic carbocycles. The Bertz CT molecular complexity index is 2340. The summed E-state index contributed by atoms with van der Waals surface area (Å²) in [4.78, 5) is 12.3. The second-order valence-corrected chi connectivity index (χ2v) is 18.3. The van der Waals surface area contributed by atoms with Crippen LogP contribution in [0, 0.1) is 17.8 Å². The van der Waals surface area contributed by atoms with Crippen LogP contribution in [-0.2, 0) is 0 Å². The number of benzene rings is 1. The Kier molecular flexibility index (Phi) is 13.3. The molecule has 0 spiro atoms. The molecule has 9 rings (SSSR count). The average molecular weight is 835 g/mol. The number of nitrogens with zero attached hydrogens (tertiary/aromatic N) is 4. The number of allylic oxidation sites excluding steroid dienone is 16. The van der Waals surface area contributed by atoms with E-state index in [0.717, 1.165) is 66.9 Å². The van der Waals surface area contributed by atoms with Gasteiger partial charge >= 0.3 is 0 Å². The van der Waals surface area contributed by atoms with Crippen molar-refractivity contribution < 1.29 is 0 Å². The lowest BCUT2D eigenvalue weighted by atomic mass is 9.83. The fraction of sp³-hybridized carbons (Fsp3) is 0.351. The lowest BCUT2D eigenvalue weighted by Crippen LogP contribution is -2.45. The van der Waals surface area contributed by atoms with E-state index in [1.54, 1.807) is 5.57 Å². The summed E-state index contributed by atoms with van der Waals surface area (Å²) in [6.07, 6.45) is 57.3. The van der Waals surface area contributed by atoms with E-state index >= 15 is 0 Å². The van der Waals surface area contributed by atoms with Gasteiger partial charge in [0.2, 0.25) is 0 Å². The zero-order valence-corrected chi connectivity index (χ0v) is 37.2. The Labute approximate surface area is 377 Å². The molecule has 0 radical (unpaired) electrons. The van der Waals surface area contributed by atoms with E-state index < -0.39 is 0 Å². The molecular formula is C57H66N6. The fourth-order valence-electron chi connectivity index (χ4n) is 11.0.